The summed E-state index contributed by atoms with van der Waals surface area (Å²) in [6, 6.07) is 3.50. The maximum atomic E-state index is 13.1. The first-order valence-corrected chi connectivity index (χ1v) is 12.2. The van der Waals surface area contributed by atoms with Crippen LogP contribution < -0.4 is 10.6 Å². The van der Waals surface area contributed by atoms with Crippen molar-refractivity contribution in [3.63, 3.8) is 0 Å². The highest BCUT2D eigenvalue weighted by molar-refractivity contribution is 6.26. The summed E-state index contributed by atoms with van der Waals surface area (Å²) in [5.74, 6) is -3.05. The van der Waals surface area contributed by atoms with E-state index in [2.05, 4.69) is 15.4 Å². The zero-order valence-electron chi connectivity index (χ0n) is 20.7. The highest BCUT2D eigenvalue weighted by atomic mass is 16.5. The molecule has 0 spiro atoms. The number of carbonyl (C=O) groups is 6. The lowest BCUT2D eigenvalue weighted by atomic mass is 10.0. The van der Waals surface area contributed by atoms with Gasteiger partial charge in [0, 0.05) is 19.4 Å². The fraction of sp³-hybridized carbons (Fsp3) is 0.520. The van der Waals surface area contributed by atoms with Crippen molar-refractivity contribution in [3.8, 4) is 0 Å². The molecule has 1 saturated heterocycles. The second kappa shape index (κ2) is 13.6. The van der Waals surface area contributed by atoms with Crippen molar-refractivity contribution in [1.82, 2.24) is 10.2 Å². The number of carbonyl (C=O) groups excluding carboxylic acids is 6. The highest BCUT2D eigenvalue weighted by Crippen LogP contribution is 2.32. The van der Waals surface area contributed by atoms with Gasteiger partial charge in [-0.05, 0) is 31.4 Å². The summed E-state index contributed by atoms with van der Waals surface area (Å²) in [6.07, 6.45) is 2.63. The third-order valence-electron chi connectivity index (χ3n) is 5.98. The number of unbranched alkanes of at least 4 members (excludes halogenated alkanes) is 2. The van der Waals surface area contributed by atoms with Crippen molar-refractivity contribution in [2.24, 2.45) is 0 Å². The third-order valence-corrected chi connectivity index (χ3v) is 5.98. The molecule has 12 heteroatoms. The Morgan fingerprint density at radius 3 is 2.46 bits per heavy atom. The Kier molecular flexibility index (Phi) is 10.3. The zero-order chi connectivity index (χ0) is 26.8. The van der Waals surface area contributed by atoms with E-state index in [1.807, 2.05) is 0 Å². The molecule has 200 valence electrons. The summed E-state index contributed by atoms with van der Waals surface area (Å²) in [5.41, 5.74) is 0.373. The number of amides is 5. The van der Waals surface area contributed by atoms with Crippen LogP contribution in [0.1, 0.15) is 65.7 Å². The van der Waals surface area contributed by atoms with E-state index in [0.29, 0.717) is 26.2 Å². The maximum absolute atomic E-state index is 13.1. The van der Waals surface area contributed by atoms with E-state index in [0.717, 1.165) is 17.7 Å². The molecule has 1 atom stereocenters. The number of hydrogen-bond donors (Lipinski definition) is 2. The van der Waals surface area contributed by atoms with E-state index in [1.165, 1.54) is 19.2 Å². The molecule has 37 heavy (non-hydrogen) atoms. The Labute approximate surface area is 214 Å². The number of ether oxygens (including phenoxy) is 3. The Balaban J connectivity index is 1.39. The van der Waals surface area contributed by atoms with Gasteiger partial charge in [-0.15, -0.1) is 0 Å². The molecule has 0 radical (unpaired) electrons. The molecule has 12 nitrogen and oxygen atoms in total. The highest BCUT2D eigenvalue weighted by Gasteiger charge is 2.45. The number of imide groups is 2. The van der Waals surface area contributed by atoms with Crippen molar-refractivity contribution in [3.05, 3.63) is 29.3 Å². The smallest absolute Gasteiger partial charge is 0.307 e. The molecule has 0 aliphatic carbocycles. The van der Waals surface area contributed by atoms with E-state index in [1.54, 1.807) is 6.07 Å². The molecule has 2 aliphatic rings. The fourth-order valence-corrected chi connectivity index (χ4v) is 4.08. The molecule has 0 bridgehead atoms. The second-order valence-electron chi connectivity index (χ2n) is 8.59. The summed E-state index contributed by atoms with van der Waals surface area (Å²) in [4.78, 5) is 73.9. The van der Waals surface area contributed by atoms with Crippen molar-refractivity contribution < 1.29 is 43.0 Å². The van der Waals surface area contributed by atoms with Gasteiger partial charge in [0.1, 0.15) is 6.04 Å². The Morgan fingerprint density at radius 1 is 0.973 bits per heavy atom. The van der Waals surface area contributed by atoms with Crippen LogP contribution in [0.3, 0.4) is 0 Å². The molecule has 3 rings (SSSR count). The number of rotatable bonds is 14. The molecular formula is C25H31N3O9. The van der Waals surface area contributed by atoms with Crippen molar-refractivity contribution in [2.45, 2.75) is 51.0 Å². The predicted molar refractivity (Wildman–Crippen MR) is 128 cm³/mol. The summed E-state index contributed by atoms with van der Waals surface area (Å²) in [6.45, 7) is 1.58. The van der Waals surface area contributed by atoms with Gasteiger partial charge in [-0.1, -0.05) is 12.5 Å². The first kappa shape index (κ1) is 27.9. The minimum Gasteiger partial charge on any atom is -0.469 e. The summed E-state index contributed by atoms with van der Waals surface area (Å²) >= 11 is 0. The van der Waals surface area contributed by atoms with Crippen LogP contribution in [0.25, 0.3) is 0 Å². The number of fused-ring (bicyclic) bond motifs is 1. The van der Waals surface area contributed by atoms with Gasteiger partial charge in [-0.3, -0.25) is 39.0 Å². The number of nitrogens with one attached hydrogen (secondary N) is 2. The van der Waals surface area contributed by atoms with Crippen LogP contribution in [-0.4, -0.2) is 80.0 Å². The zero-order valence-corrected chi connectivity index (χ0v) is 20.7. The molecule has 0 saturated carbocycles. The van der Waals surface area contributed by atoms with Gasteiger partial charge < -0.3 is 19.5 Å². The minimum absolute atomic E-state index is 0.0310. The summed E-state index contributed by atoms with van der Waals surface area (Å²) < 4.78 is 15.2. The van der Waals surface area contributed by atoms with Gasteiger partial charge in [0.15, 0.2) is 0 Å². The number of benzene rings is 1. The number of methoxy groups -OCH3 is 1. The van der Waals surface area contributed by atoms with Gasteiger partial charge in [-0.2, -0.15) is 0 Å². The van der Waals surface area contributed by atoms with Crippen LogP contribution in [0.5, 0.6) is 0 Å². The van der Waals surface area contributed by atoms with Gasteiger partial charge in [0.25, 0.3) is 11.8 Å². The Bertz CT molecular complexity index is 1060. The largest absolute Gasteiger partial charge is 0.469 e. The van der Waals surface area contributed by atoms with Gasteiger partial charge in [0.05, 0.1) is 50.2 Å². The number of anilines is 1. The lowest BCUT2D eigenvalue weighted by Crippen LogP contribution is -2.54. The van der Waals surface area contributed by atoms with Crippen LogP contribution in [0.4, 0.5) is 5.69 Å². The first-order chi connectivity index (χ1) is 17.8. The quantitative estimate of drug-likeness (QED) is 0.210. The van der Waals surface area contributed by atoms with E-state index < -0.39 is 29.7 Å². The second-order valence-corrected chi connectivity index (χ2v) is 8.59. The average Bonchev–Trinajstić information content (AvgIpc) is 3.13. The minimum atomic E-state index is -1.07. The van der Waals surface area contributed by atoms with E-state index >= 15 is 0 Å². The van der Waals surface area contributed by atoms with Crippen LogP contribution in [-0.2, 0) is 33.4 Å². The van der Waals surface area contributed by atoms with Crippen LogP contribution >= 0.6 is 0 Å². The molecule has 1 aromatic carbocycles. The SMILES string of the molecule is COC(=O)CCOCCOCCCCCC(=O)Nc1cccc2c1C(=O)N(C1CCC(=O)NC1=O)C2=O. The third kappa shape index (κ3) is 7.43. The van der Waals surface area contributed by atoms with Crippen molar-refractivity contribution in [2.75, 3.05) is 38.9 Å². The van der Waals surface area contributed by atoms with E-state index in [-0.39, 0.29) is 61.0 Å². The lowest BCUT2D eigenvalue weighted by Gasteiger charge is -2.27. The predicted octanol–water partition coefficient (Wildman–Crippen LogP) is 1.18. The molecule has 2 N–H and O–H groups in total. The Hall–Kier alpha value is -3.64. The molecule has 1 unspecified atom stereocenters. The average molecular weight is 518 g/mol. The van der Waals surface area contributed by atoms with Crippen LogP contribution in [0.15, 0.2) is 18.2 Å². The van der Waals surface area contributed by atoms with Crippen LogP contribution in [0.2, 0.25) is 0 Å². The molecule has 2 heterocycles. The van der Waals surface area contributed by atoms with Crippen molar-refractivity contribution >= 4 is 41.2 Å². The van der Waals surface area contributed by atoms with Gasteiger partial charge in [0.2, 0.25) is 17.7 Å². The molecular weight excluding hydrogens is 486 g/mol. The number of hydrogen-bond acceptors (Lipinski definition) is 9. The number of piperidine rings is 1. The lowest BCUT2D eigenvalue weighted by molar-refractivity contribution is -0.142. The number of nitrogens with zero attached hydrogens (tertiary/aromatic N) is 1. The summed E-state index contributed by atoms with van der Waals surface area (Å²) in [5, 5.41) is 4.86. The monoisotopic (exact) mass is 517 g/mol. The van der Waals surface area contributed by atoms with E-state index in [9.17, 15) is 28.8 Å². The molecule has 2 aliphatic heterocycles. The molecule has 1 aromatic rings. The Morgan fingerprint density at radius 2 is 1.73 bits per heavy atom. The molecule has 5 amide bonds. The topological polar surface area (TPSA) is 157 Å². The van der Waals surface area contributed by atoms with E-state index in [4.69, 9.17) is 9.47 Å². The van der Waals surface area contributed by atoms with Crippen LogP contribution in [0, 0.1) is 0 Å². The molecule has 1 fully saturated rings. The fourth-order valence-electron chi connectivity index (χ4n) is 4.08. The van der Waals surface area contributed by atoms with Gasteiger partial charge in [-0.25, -0.2) is 0 Å². The number of esters is 1. The molecule has 0 aromatic heterocycles. The maximum Gasteiger partial charge on any atom is 0.307 e. The summed E-state index contributed by atoms with van der Waals surface area (Å²) in [7, 11) is 1.32. The standard InChI is InChI=1S/C25H31N3O9/c1-35-21(31)11-13-37-15-14-36-12-4-2-3-8-19(29)26-17-7-5-6-16-22(17)25(34)28(24(16)33)18-9-10-20(30)27-23(18)32/h5-7,18H,2-4,8-15H2,1H3,(H,26,29)(H,27,30,32). The van der Waals surface area contributed by atoms with Gasteiger partial charge >= 0.3 is 5.97 Å². The van der Waals surface area contributed by atoms with Crippen molar-refractivity contribution in [1.29, 1.82) is 0 Å². The first-order valence-electron chi connectivity index (χ1n) is 12.2. The normalized spacial score (nSPS) is 17.0.